The van der Waals surface area contributed by atoms with E-state index in [9.17, 15) is 0 Å². The summed E-state index contributed by atoms with van der Waals surface area (Å²) >= 11 is 0. The third-order valence-electron chi connectivity index (χ3n) is 2.15. The number of allylic oxidation sites excluding steroid dienone is 2. The Kier molecular flexibility index (Phi) is 1.72. The first-order chi connectivity index (χ1) is 3.80. The van der Waals surface area contributed by atoms with Crippen LogP contribution in [-0.4, -0.2) is 0 Å². The van der Waals surface area contributed by atoms with Crippen molar-refractivity contribution < 1.29 is 0 Å². The van der Waals surface area contributed by atoms with E-state index in [1.807, 2.05) is 0 Å². The van der Waals surface area contributed by atoms with Crippen molar-refractivity contribution in [3.05, 3.63) is 12.2 Å². The molecular formula is C8H14. The summed E-state index contributed by atoms with van der Waals surface area (Å²) in [6.07, 6.45) is 7.18. The highest BCUT2D eigenvalue weighted by atomic mass is 14.2. The monoisotopic (exact) mass is 110 g/mol. The Balaban J connectivity index is 2.44. The van der Waals surface area contributed by atoms with Crippen LogP contribution in [0.25, 0.3) is 0 Å². The lowest BCUT2D eigenvalue weighted by atomic mass is 9.86. The number of hydrogen-bond donors (Lipinski definition) is 0. The van der Waals surface area contributed by atoms with E-state index in [0.717, 1.165) is 11.8 Å². The average Bonchev–Trinajstić information content (AvgIpc) is 1.77. The molecule has 8 heavy (non-hydrogen) atoms. The molecule has 0 heteroatoms. The Morgan fingerprint density at radius 3 is 1.62 bits per heavy atom. The molecule has 0 aromatic carbocycles. The minimum Gasteiger partial charge on any atom is -0.0883 e. The second-order valence-corrected chi connectivity index (χ2v) is 2.90. The Labute approximate surface area is 51.6 Å². The molecule has 0 fully saturated rings. The molecule has 0 saturated carbocycles. The predicted molar refractivity (Wildman–Crippen MR) is 36.7 cm³/mol. The first-order valence-corrected chi connectivity index (χ1v) is 3.45. The minimum atomic E-state index is 0.917. The molecule has 0 heterocycles. The molecule has 0 saturated heterocycles. The van der Waals surface area contributed by atoms with Crippen molar-refractivity contribution >= 4 is 0 Å². The van der Waals surface area contributed by atoms with Gasteiger partial charge in [-0.3, -0.25) is 0 Å². The van der Waals surface area contributed by atoms with Gasteiger partial charge >= 0.3 is 0 Å². The molecule has 0 N–H and O–H groups in total. The van der Waals surface area contributed by atoms with E-state index < -0.39 is 0 Å². The second-order valence-electron chi connectivity index (χ2n) is 2.90. The molecule has 1 unspecified atom stereocenters. The van der Waals surface area contributed by atoms with Gasteiger partial charge in [0.1, 0.15) is 0 Å². The summed E-state index contributed by atoms with van der Waals surface area (Å²) in [5.74, 6) is 1.83. The Morgan fingerprint density at radius 2 is 1.38 bits per heavy atom. The van der Waals surface area contributed by atoms with Crippen molar-refractivity contribution in [2.24, 2.45) is 11.8 Å². The summed E-state index contributed by atoms with van der Waals surface area (Å²) < 4.78 is 0. The third kappa shape index (κ3) is 1.12. The summed E-state index contributed by atoms with van der Waals surface area (Å²) in [5.41, 5.74) is 0. The van der Waals surface area contributed by atoms with Crippen molar-refractivity contribution in [1.82, 2.24) is 0 Å². The van der Waals surface area contributed by atoms with Gasteiger partial charge in [0.15, 0.2) is 0 Å². The van der Waals surface area contributed by atoms with E-state index >= 15 is 0 Å². The average molecular weight is 110 g/mol. The maximum atomic E-state index is 2.33. The maximum Gasteiger partial charge on any atom is -0.0322 e. The van der Waals surface area contributed by atoms with Crippen LogP contribution < -0.4 is 0 Å². The quantitative estimate of drug-likeness (QED) is 0.420. The van der Waals surface area contributed by atoms with Gasteiger partial charge in [-0.2, -0.15) is 0 Å². The van der Waals surface area contributed by atoms with E-state index in [2.05, 4.69) is 26.0 Å². The highest BCUT2D eigenvalue weighted by Gasteiger charge is 2.11. The van der Waals surface area contributed by atoms with Crippen molar-refractivity contribution in [2.45, 2.75) is 26.7 Å². The lowest BCUT2D eigenvalue weighted by Gasteiger charge is -2.19. The Morgan fingerprint density at radius 1 is 1.00 bits per heavy atom. The molecule has 0 aliphatic heterocycles. The molecule has 2 atom stereocenters. The van der Waals surface area contributed by atoms with E-state index in [1.165, 1.54) is 12.8 Å². The van der Waals surface area contributed by atoms with Crippen LogP contribution in [0.2, 0.25) is 0 Å². The van der Waals surface area contributed by atoms with E-state index in [0.29, 0.717) is 0 Å². The lowest BCUT2D eigenvalue weighted by molar-refractivity contribution is 0.380. The van der Waals surface area contributed by atoms with Crippen LogP contribution in [0.15, 0.2) is 12.2 Å². The zero-order valence-electron chi connectivity index (χ0n) is 5.72. The molecule has 0 nitrogen and oxygen atoms in total. The molecule has 0 spiro atoms. The fraction of sp³-hybridized carbons (Fsp3) is 0.750. The van der Waals surface area contributed by atoms with E-state index in [1.54, 1.807) is 0 Å². The van der Waals surface area contributed by atoms with Gasteiger partial charge in [0.2, 0.25) is 0 Å². The molecule has 0 amide bonds. The zero-order chi connectivity index (χ0) is 5.98. The molecule has 0 radical (unpaired) electrons. The summed E-state index contributed by atoms with van der Waals surface area (Å²) in [7, 11) is 0. The van der Waals surface area contributed by atoms with Crippen molar-refractivity contribution in [2.75, 3.05) is 0 Å². The first kappa shape index (κ1) is 5.87. The Hall–Kier alpha value is -0.260. The van der Waals surface area contributed by atoms with Crippen LogP contribution >= 0.6 is 0 Å². The molecular weight excluding hydrogens is 96.1 g/mol. The molecule has 0 aromatic rings. The van der Waals surface area contributed by atoms with Gasteiger partial charge in [0.05, 0.1) is 0 Å². The van der Waals surface area contributed by atoms with Crippen LogP contribution in [0.4, 0.5) is 0 Å². The van der Waals surface area contributed by atoms with Gasteiger partial charge in [-0.25, -0.2) is 0 Å². The SMILES string of the molecule is CC1CC=CC[C@H]1C. The highest BCUT2D eigenvalue weighted by Crippen LogP contribution is 2.23. The first-order valence-electron chi connectivity index (χ1n) is 3.45. The summed E-state index contributed by atoms with van der Waals surface area (Å²) in [6.45, 7) is 4.66. The largest absolute Gasteiger partial charge is 0.0883 e. The Bertz CT molecular complexity index is 80.2. The smallest absolute Gasteiger partial charge is 0.0322 e. The van der Waals surface area contributed by atoms with E-state index in [4.69, 9.17) is 0 Å². The van der Waals surface area contributed by atoms with Gasteiger partial charge in [-0.05, 0) is 24.7 Å². The summed E-state index contributed by atoms with van der Waals surface area (Å²) in [5, 5.41) is 0. The molecule has 1 aliphatic rings. The zero-order valence-corrected chi connectivity index (χ0v) is 5.72. The number of hydrogen-bond acceptors (Lipinski definition) is 0. The second kappa shape index (κ2) is 2.34. The predicted octanol–water partition coefficient (Wildman–Crippen LogP) is 2.61. The third-order valence-corrected chi connectivity index (χ3v) is 2.15. The van der Waals surface area contributed by atoms with Gasteiger partial charge in [0.25, 0.3) is 0 Å². The van der Waals surface area contributed by atoms with Crippen LogP contribution in [-0.2, 0) is 0 Å². The standard InChI is InChI=1S/C8H14/c1-7-5-3-4-6-8(7)2/h3-4,7-8H,5-6H2,1-2H3/t7-,8?/m1/s1. The van der Waals surface area contributed by atoms with Gasteiger partial charge < -0.3 is 0 Å². The summed E-state index contributed by atoms with van der Waals surface area (Å²) in [4.78, 5) is 0. The van der Waals surface area contributed by atoms with Crippen LogP contribution in [0.5, 0.6) is 0 Å². The van der Waals surface area contributed by atoms with E-state index in [-0.39, 0.29) is 0 Å². The van der Waals surface area contributed by atoms with Gasteiger partial charge in [0, 0.05) is 0 Å². The van der Waals surface area contributed by atoms with Crippen LogP contribution in [0, 0.1) is 11.8 Å². The molecule has 1 rings (SSSR count). The van der Waals surface area contributed by atoms with Crippen molar-refractivity contribution in [3.63, 3.8) is 0 Å². The fourth-order valence-electron chi connectivity index (χ4n) is 1.09. The topological polar surface area (TPSA) is 0 Å². The van der Waals surface area contributed by atoms with Crippen LogP contribution in [0.1, 0.15) is 26.7 Å². The fourth-order valence-corrected chi connectivity index (χ4v) is 1.09. The minimum absolute atomic E-state index is 0.917. The molecule has 1 aliphatic carbocycles. The van der Waals surface area contributed by atoms with Crippen molar-refractivity contribution in [3.8, 4) is 0 Å². The lowest BCUT2D eigenvalue weighted by Crippen LogP contribution is -2.08. The maximum absolute atomic E-state index is 2.33. The molecule has 0 aromatic heterocycles. The normalized spacial score (nSPS) is 37.8. The highest BCUT2D eigenvalue weighted by molar-refractivity contribution is 4.91. The molecule has 0 bridgehead atoms. The van der Waals surface area contributed by atoms with Crippen LogP contribution in [0.3, 0.4) is 0 Å². The number of rotatable bonds is 0. The summed E-state index contributed by atoms with van der Waals surface area (Å²) in [6, 6.07) is 0. The molecule has 46 valence electrons. The van der Waals surface area contributed by atoms with Gasteiger partial charge in [-0.1, -0.05) is 26.0 Å². The van der Waals surface area contributed by atoms with Gasteiger partial charge in [-0.15, -0.1) is 0 Å². The van der Waals surface area contributed by atoms with Crippen molar-refractivity contribution in [1.29, 1.82) is 0 Å².